The van der Waals surface area contributed by atoms with Crippen LogP contribution in [-0.2, 0) is 9.47 Å². The molecule has 0 aromatic rings. The predicted molar refractivity (Wildman–Crippen MR) is 211 cm³/mol. The summed E-state index contributed by atoms with van der Waals surface area (Å²) < 4.78 is 12.9. The summed E-state index contributed by atoms with van der Waals surface area (Å²) >= 11 is 0. The van der Waals surface area contributed by atoms with Gasteiger partial charge in [0.25, 0.3) is 0 Å². The quantitative estimate of drug-likeness (QED) is 0.0531. The maximum absolute atomic E-state index is 6.45. The highest BCUT2D eigenvalue weighted by Gasteiger charge is 2.29. The summed E-state index contributed by atoms with van der Waals surface area (Å²) in [5.41, 5.74) is 0. The van der Waals surface area contributed by atoms with Crippen molar-refractivity contribution in [2.75, 3.05) is 20.6 Å². The molecule has 1 aliphatic rings. The van der Waals surface area contributed by atoms with Gasteiger partial charge in [0, 0.05) is 13.0 Å². The van der Waals surface area contributed by atoms with E-state index in [0.29, 0.717) is 12.2 Å². The van der Waals surface area contributed by atoms with E-state index >= 15 is 0 Å². The third-order valence-electron chi connectivity index (χ3n) is 9.23. The van der Waals surface area contributed by atoms with Crippen LogP contribution in [0.4, 0.5) is 0 Å². The number of hydrogen-bond donors (Lipinski definition) is 0. The van der Waals surface area contributed by atoms with Crippen molar-refractivity contribution in [3.8, 4) is 0 Å². The van der Waals surface area contributed by atoms with Crippen LogP contribution in [0.2, 0.25) is 0 Å². The van der Waals surface area contributed by atoms with Gasteiger partial charge in [-0.05, 0) is 97.6 Å². The molecule has 0 amide bonds. The van der Waals surface area contributed by atoms with Gasteiger partial charge in [0.05, 0.1) is 12.2 Å². The molecule has 1 saturated heterocycles. The standard InChI is InChI=1S/C43H79NO2.CH4/c1-5-7-9-11-13-15-17-19-21-23-25-27-29-31-33-35-37-42-40-41(45-43(46-42)38-39-44(3)4)36-34-32-30-28-26-24-22-20-18-16-14-12-10-8-6-2;/h13-16,19-22,41-43H,5-12,17-18,23-40H2,1-4H3;1H4/b15-13-,16-14-,21-19-,22-20-;. The van der Waals surface area contributed by atoms with Crippen LogP contribution in [0, 0.1) is 0 Å². The highest BCUT2D eigenvalue weighted by molar-refractivity contribution is 4.93. The molecule has 0 aromatic heterocycles. The number of hydrogen-bond acceptors (Lipinski definition) is 3. The van der Waals surface area contributed by atoms with E-state index < -0.39 is 0 Å². The monoisotopic (exact) mass is 658 g/mol. The van der Waals surface area contributed by atoms with Crippen molar-refractivity contribution in [1.82, 2.24) is 4.90 Å². The molecule has 3 nitrogen and oxygen atoms in total. The fourth-order valence-corrected chi connectivity index (χ4v) is 6.28. The minimum absolute atomic E-state index is 0. The molecule has 47 heavy (non-hydrogen) atoms. The van der Waals surface area contributed by atoms with Gasteiger partial charge in [-0.15, -0.1) is 0 Å². The van der Waals surface area contributed by atoms with Crippen LogP contribution in [0.3, 0.4) is 0 Å². The maximum Gasteiger partial charge on any atom is 0.159 e. The lowest BCUT2D eigenvalue weighted by Gasteiger charge is -2.36. The molecule has 0 aliphatic carbocycles. The molecule has 3 atom stereocenters. The molecule has 1 aliphatic heterocycles. The SMILES string of the molecule is C.CCCCC/C=C\C/C=C\CCCCCCCCC1CC(CCCCCCC/C=C\C/C=C\CCCCC)OC(CCN(C)C)O1. The molecule has 276 valence electrons. The van der Waals surface area contributed by atoms with E-state index in [1.807, 2.05) is 0 Å². The highest BCUT2D eigenvalue weighted by Crippen LogP contribution is 2.28. The van der Waals surface area contributed by atoms with Gasteiger partial charge in [-0.2, -0.15) is 0 Å². The lowest BCUT2D eigenvalue weighted by molar-refractivity contribution is -0.247. The zero-order valence-electron chi connectivity index (χ0n) is 31.4. The number of ether oxygens (including phenoxy) is 2. The van der Waals surface area contributed by atoms with Gasteiger partial charge >= 0.3 is 0 Å². The Kier molecular flexibility index (Phi) is 35.2. The van der Waals surface area contributed by atoms with Crippen molar-refractivity contribution in [2.24, 2.45) is 0 Å². The topological polar surface area (TPSA) is 21.7 Å². The van der Waals surface area contributed by atoms with Crippen LogP contribution in [0.15, 0.2) is 48.6 Å². The van der Waals surface area contributed by atoms with Crippen molar-refractivity contribution in [2.45, 2.75) is 213 Å². The molecule has 1 rings (SSSR count). The summed E-state index contributed by atoms with van der Waals surface area (Å²) in [6.45, 7) is 5.56. The molecule has 3 unspecified atom stereocenters. The minimum atomic E-state index is -0.0197. The van der Waals surface area contributed by atoms with Gasteiger partial charge in [0.1, 0.15) is 0 Å². The Bertz CT molecular complexity index is 739. The van der Waals surface area contributed by atoms with Gasteiger partial charge < -0.3 is 14.4 Å². The van der Waals surface area contributed by atoms with Crippen LogP contribution < -0.4 is 0 Å². The van der Waals surface area contributed by atoms with Crippen LogP contribution in [0.25, 0.3) is 0 Å². The Morgan fingerprint density at radius 1 is 0.468 bits per heavy atom. The molecule has 0 aromatic carbocycles. The maximum atomic E-state index is 6.45. The molecular formula is C44H83NO2. The Morgan fingerprint density at radius 2 is 0.830 bits per heavy atom. The van der Waals surface area contributed by atoms with Crippen molar-refractivity contribution in [3.63, 3.8) is 0 Å². The Labute approximate surface area is 296 Å². The normalized spacial score (nSPS) is 18.9. The van der Waals surface area contributed by atoms with Gasteiger partial charge in [-0.25, -0.2) is 0 Å². The number of nitrogens with zero attached hydrogens (tertiary/aromatic N) is 1. The van der Waals surface area contributed by atoms with E-state index in [1.54, 1.807) is 0 Å². The van der Waals surface area contributed by atoms with E-state index in [2.05, 4.69) is 81.5 Å². The molecule has 0 saturated carbocycles. The Morgan fingerprint density at radius 3 is 1.21 bits per heavy atom. The summed E-state index contributed by atoms with van der Waals surface area (Å²) in [4.78, 5) is 2.24. The second kappa shape index (κ2) is 36.1. The Hall–Kier alpha value is -1.16. The first kappa shape index (κ1) is 45.8. The predicted octanol–water partition coefficient (Wildman–Crippen LogP) is 14.1. The molecule has 1 fully saturated rings. The van der Waals surface area contributed by atoms with Gasteiger partial charge in [0.15, 0.2) is 6.29 Å². The van der Waals surface area contributed by atoms with E-state index in [0.717, 1.165) is 32.2 Å². The Balaban J connectivity index is 0.0000212. The first-order chi connectivity index (χ1) is 22.7. The van der Waals surface area contributed by atoms with Crippen LogP contribution in [0.1, 0.15) is 195 Å². The van der Waals surface area contributed by atoms with E-state index in [-0.39, 0.29) is 13.7 Å². The molecule has 1 heterocycles. The summed E-state index contributed by atoms with van der Waals surface area (Å²) in [6.07, 6.45) is 54.0. The molecule has 3 heteroatoms. The summed E-state index contributed by atoms with van der Waals surface area (Å²) in [5.74, 6) is 0. The van der Waals surface area contributed by atoms with Crippen molar-refractivity contribution in [1.29, 1.82) is 0 Å². The average molecular weight is 658 g/mol. The largest absolute Gasteiger partial charge is 0.349 e. The summed E-state index contributed by atoms with van der Waals surface area (Å²) in [6, 6.07) is 0. The van der Waals surface area contributed by atoms with Gasteiger partial charge in [-0.3, -0.25) is 0 Å². The van der Waals surface area contributed by atoms with Gasteiger partial charge in [-0.1, -0.05) is 153 Å². The fourth-order valence-electron chi connectivity index (χ4n) is 6.28. The molecule has 0 radical (unpaired) electrons. The van der Waals surface area contributed by atoms with Crippen LogP contribution in [0.5, 0.6) is 0 Å². The van der Waals surface area contributed by atoms with E-state index in [9.17, 15) is 0 Å². The number of allylic oxidation sites excluding steroid dienone is 8. The van der Waals surface area contributed by atoms with Crippen molar-refractivity contribution in [3.05, 3.63) is 48.6 Å². The zero-order valence-corrected chi connectivity index (χ0v) is 31.4. The van der Waals surface area contributed by atoms with Crippen LogP contribution in [-0.4, -0.2) is 44.0 Å². The zero-order chi connectivity index (χ0) is 33.2. The van der Waals surface area contributed by atoms with E-state index in [1.165, 1.54) is 148 Å². The second-order valence-corrected chi connectivity index (χ2v) is 14.2. The van der Waals surface area contributed by atoms with Gasteiger partial charge in [0.2, 0.25) is 0 Å². The third-order valence-corrected chi connectivity index (χ3v) is 9.23. The lowest BCUT2D eigenvalue weighted by Crippen LogP contribution is -2.39. The smallest absolute Gasteiger partial charge is 0.159 e. The molecule has 0 bridgehead atoms. The van der Waals surface area contributed by atoms with Crippen molar-refractivity contribution >= 4 is 0 Å². The fraction of sp³-hybridized carbons (Fsp3) is 0.818. The number of rotatable bonds is 32. The molecule has 0 N–H and O–H groups in total. The lowest BCUT2D eigenvalue weighted by atomic mass is 9.98. The van der Waals surface area contributed by atoms with Crippen molar-refractivity contribution < 1.29 is 9.47 Å². The second-order valence-electron chi connectivity index (χ2n) is 14.2. The summed E-state index contributed by atoms with van der Waals surface area (Å²) in [5, 5.41) is 0. The molecule has 0 spiro atoms. The first-order valence-corrected chi connectivity index (χ1v) is 20.2. The minimum Gasteiger partial charge on any atom is -0.349 e. The third kappa shape index (κ3) is 31.8. The van der Waals surface area contributed by atoms with E-state index in [4.69, 9.17) is 9.47 Å². The first-order valence-electron chi connectivity index (χ1n) is 20.2. The summed E-state index contributed by atoms with van der Waals surface area (Å²) in [7, 11) is 4.29. The number of unbranched alkanes of at least 4 members (excludes halogenated alkanes) is 17. The average Bonchev–Trinajstić information content (AvgIpc) is 3.05. The highest BCUT2D eigenvalue weighted by atomic mass is 16.7. The van der Waals surface area contributed by atoms with Crippen LogP contribution >= 0.6 is 0 Å². The molecular weight excluding hydrogens is 574 g/mol.